The van der Waals surface area contributed by atoms with Gasteiger partial charge in [0.2, 0.25) is 5.82 Å². The predicted octanol–water partition coefficient (Wildman–Crippen LogP) is 2.75. The Hall–Kier alpha value is -3.81. The van der Waals surface area contributed by atoms with Gasteiger partial charge in [-0.2, -0.15) is 9.90 Å². The van der Waals surface area contributed by atoms with E-state index in [1.54, 1.807) is 6.21 Å². The minimum absolute atomic E-state index is 0.0649. The monoisotopic (exact) mass is 401 g/mol. The fourth-order valence-corrected chi connectivity index (χ4v) is 3.70. The van der Waals surface area contributed by atoms with Crippen LogP contribution in [0.3, 0.4) is 0 Å². The van der Waals surface area contributed by atoms with Crippen molar-refractivity contribution in [2.45, 2.75) is 25.8 Å². The van der Waals surface area contributed by atoms with E-state index < -0.39 is 0 Å². The summed E-state index contributed by atoms with van der Waals surface area (Å²) in [6, 6.07) is 17.8. The molecule has 0 aliphatic carbocycles. The molecule has 152 valence electrons. The van der Waals surface area contributed by atoms with Gasteiger partial charge in [-0.1, -0.05) is 62.4 Å². The van der Waals surface area contributed by atoms with Gasteiger partial charge in [-0.3, -0.25) is 4.79 Å². The van der Waals surface area contributed by atoms with Crippen LogP contribution in [0, 0.1) is 0 Å². The molecule has 2 heterocycles. The highest BCUT2D eigenvalue weighted by Crippen LogP contribution is 2.46. The van der Waals surface area contributed by atoms with Gasteiger partial charge >= 0.3 is 0 Å². The van der Waals surface area contributed by atoms with E-state index in [1.165, 1.54) is 16.0 Å². The molecule has 0 bridgehead atoms. The van der Waals surface area contributed by atoms with Crippen molar-refractivity contribution in [2.24, 2.45) is 5.10 Å². The molecule has 8 nitrogen and oxygen atoms in total. The van der Waals surface area contributed by atoms with E-state index >= 15 is 0 Å². The summed E-state index contributed by atoms with van der Waals surface area (Å²) in [4.78, 5) is 15.5. The van der Waals surface area contributed by atoms with E-state index in [1.807, 2.05) is 55.6 Å². The lowest BCUT2D eigenvalue weighted by Gasteiger charge is -2.23. The Labute approximate surface area is 174 Å². The number of nitrogens with zero attached hydrogens (tertiary/aromatic N) is 6. The van der Waals surface area contributed by atoms with Crippen LogP contribution < -0.4 is 10.3 Å². The van der Waals surface area contributed by atoms with E-state index in [0.717, 1.165) is 11.3 Å². The van der Waals surface area contributed by atoms with Gasteiger partial charge in [-0.05, 0) is 22.9 Å². The third-order valence-corrected chi connectivity index (χ3v) is 5.21. The zero-order valence-electron chi connectivity index (χ0n) is 17.1. The van der Waals surface area contributed by atoms with Crippen molar-refractivity contribution in [1.29, 1.82) is 0 Å². The highest BCUT2D eigenvalue weighted by atomic mass is 16.2. The van der Waals surface area contributed by atoms with Gasteiger partial charge in [0.1, 0.15) is 6.54 Å². The van der Waals surface area contributed by atoms with Crippen molar-refractivity contribution in [2.75, 3.05) is 11.9 Å². The zero-order valence-corrected chi connectivity index (χ0v) is 17.1. The Kier molecular flexibility index (Phi) is 5.14. The molecular formula is C22H23N7O. The van der Waals surface area contributed by atoms with Crippen LogP contribution in [0.5, 0.6) is 0 Å². The molecule has 0 radical (unpaired) electrons. The highest BCUT2D eigenvalue weighted by Gasteiger charge is 2.37. The molecule has 1 N–H and O–H groups in total. The predicted molar refractivity (Wildman–Crippen MR) is 116 cm³/mol. The van der Waals surface area contributed by atoms with E-state index in [2.05, 4.69) is 56.8 Å². The number of nitrogens with one attached hydrogen (secondary N) is 1. The molecule has 0 atom stereocenters. The minimum Gasteiger partial charge on any atom is -0.347 e. The lowest BCUT2D eigenvalue weighted by Crippen LogP contribution is -2.25. The Balaban J connectivity index is 1.37. The molecule has 0 spiro atoms. The van der Waals surface area contributed by atoms with Crippen molar-refractivity contribution < 1.29 is 4.79 Å². The van der Waals surface area contributed by atoms with Gasteiger partial charge in [0, 0.05) is 35.6 Å². The minimum atomic E-state index is -0.330. The first-order valence-corrected chi connectivity index (χ1v) is 9.66. The third-order valence-electron chi connectivity index (χ3n) is 5.21. The third kappa shape index (κ3) is 3.71. The van der Waals surface area contributed by atoms with Gasteiger partial charge in [0.25, 0.3) is 5.91 Å². The number of tetrazole rings is 1. The van der Waals surface area contributed by atoms with Crippen molar-refractivity contribution >= 4 is 17.8 Å². The van der Waals surface area contributed by atoms with Crippen molar-refractivity contribution in [3.63, 3.8) is 0 Å². The van der Waals surface area contributed by atoms with Crippen LogP contribution in [-0.4, -0.2) is 39.4 Å². The number of hydrogen-bond donors (Lipinski definition) is 1. The lowest BCUT2D eigenvalue weighted by molar-refractivity contribution is -0.122. The first-order valence-electron chi connectivity index (χ1n) is 9.66. The second kappa shape index (κ2) is 7.90. The zero-order chi connectivity index (χ0) is 21.1. The van der Waals surface area contributed by atoms with Crippen LogP contribution >= 0.6 is 0 Å². The smallest absolute Gasteiger partial charge is 0.263 e. The van der Waals surface area contributed by atoms with Crippen LogP contribution in [-0.2, 0) is 16.8 Å². The van der Waals surface area contributed by atoms with Crippen molar-refractivity contribution in [3.05, 3.63) is 71.9 Å². The number of rotatable bonds is 5. The van der Waals surface area contributed by atoms with Gasteiger partial charge < -0.3 is 4.90 Å². The number of anilines is 1. The summed E-state index contributed by atoms with van der Waals surface area (Å²) in [6.45, 7) is 4.28. The highest BCUT2D eigenvalue weighted by molar-refractivity contribution is 5.81. The largest absolute Gasteiger partial charge is 0.347 e. The van der Waals surface area contributed by atoms with Crippen LogP contribution in [0.25, 0.3) is 11.4 Å². The van der Waals surface area contributed by atoms with Gasteiger partial charge in [0.05, 0.1) is 0 Å². The number of fused-ring (bicyclic) bond motifs is 1. The van der Waals surface area contributed by atoms with E-state index in [4.69, 9.17) is 0 Å². The molecule has 8 heteroatoms. The normalized spacial score (nSPS) is 16.2. The summed E-state index contributed by atoms with van der Waals surface area (Å²) >= 11 is 0. The maximum atomic E-state index is 12.1. The second-order valence-electron chi connectivity index (χ2n) is 7.58. The summed E-state index contributed by atoms with van der Waals surface area (Å²) in [5.41, 5.74) is 6.76. The second-order valence-corrected chi connectivity index (χ2v) is 7.58. The standard InChI is InChI=1S/C22H23N7O/c1-22(2)17-11-7-8-12-18(17)28(3)19(22)13-14-23-24-20(30)15-29-26-21(25-27-29)16-9-5-4-6-10-16/h4-14H,15H2,1-3H3,(H,24,30)/b19-13-,23-14-. The molecule has 0 saturated heterocycles. The number of carbonyl (C=O) groups excluding carboxylic acids is 1. The molecule has 1 aromatic heterocycles. The van der Waals surface area contributed by atoms with Crippen LogP contribution in [0.2, 0.25) is 0 Å². The summed E-state index contributed by atoms with van der Waals surface area (Å²) in [5, 5.41) is 16.2. The maximum Gasteiger partial charge on any atom is 0.263 e. The fourth-order valence-electron chi connectivity index (χ4n) is 3.70. The average Bonchev–Trinajstić information content (AvgIpc) is 3.28. The fraction of sp³-hybridized carbons (Fsp3) is 0.227. The number of para-hydroxylation sites is 1. The Morgan fingerprint density at radius 1 is 1.13 bits per heavy atom. The molecule has 1 aliphatic heterocycles. The molecule has 3 aromatic rings. The van der Waals surface area contributed by atoms with Crippen molar-refractivity contribution in [3.8, 4) is 11.4 Å². The number of aromatic nitrogens is 4. The Morgan fingerprint density at radius 2 is 1.87 bits per heavy atom. The SMILES string of the molecule is CN1/C(=C\C=N/NC(=O)Cn2nnc(-c3ccccc3)n2)C(C)(C)c2ccccc21. The summed E-state index contributed by atoms with van der Waals surface area (Å²) in [5.74, 6) is 0.145. The number of benzene rings is 2. The van der Waals surface area contributed by atoms with E-state index in [0.29, 0.717) is 5.82 Å². The molecule has 2 aromatic carbocycles. The molecule has 0 fully saturated rings. The number of likely N-dealkylation sites (N-methyl/N-ethyl adjacent to an activating group) is 1. The van der Waals surface area contributed by atoms with Gasteiger partial charge in [-0.25, -0.2) is 5.43 Å². The number of amides is 1. The first kappa shape index (κ1) is 19.5. The number of hydrogen-bond acceptors (Lipinski definition) is 6. The topological polar surface area (TPSA) is 88.3 Å². The summed E-state index contributed by atoms with van der Waals surface area (Å²) < 4.78 is 0. The van der Waals surface area contributed by atoms with Crippen molar-refractivity contribution in [1.82, 2.24) is 25.6 Å². The number of hydrazone groups is 1. The maximum absolute atomic E-state index is 12.1. The number of carbonyl (C=O) groups is 1. The quantitative estimate of drug-likeness (QED) is 0.525. The summed E-state index contributed by atoms with van der Waals surface area (Å²) in [6.07, 6.45) is 3.52. The lowest BCUT2D eigenvalue weighted by atomic mass is 9.84. The Morgan fingerprint density at radius 3 is 2.63 bits per heavy atom. The van der Waals surface area contributed by atoms with Crippen LogP contribution in [0.4, 0.5) is 5.69 Å². The average molecular weight is 401 g/mol. The molecule has 1 amide bonds. The van der Waals surface area contributed by atoms with Gasteiger partial charge in [-0.15, -0.1) is 10.2 Å². The van der Waals surface area contributed by atoms with Gasteiger partial charge in [0.15, 0.2) is 0 Å². The van der Waals surface area contributed by atoms with E-state index in [-0.39, 0.29) is 17.9 Å². The first-order chi connectivity index (χ1) is 14.5. The molecular weight excluding hydrogens is 378 g/mol. The molecule has 0 saturated carbocycles. The van der Waals surface area contributed by atoms with Crippen LogP contribution in [0.15, 0.2) is 71.5 Å². The molecule has 30 heavy (non-hydrogen) atoms. The summed E-state index contributed by atoms with van der Waals surface area (Å²) in [7, 11) is 2.03. The number of allylic oxidation sites excluding steroid dienone is 2. The molecule has 0 unspecified atom stereocenters. The Bertz CT molecular complexity index is 1120. The van der Waals surface area contributed by atoms with Crippen LogP contribution in [0.1, 0.15) is 19.4 Å². The molecule has 4 rings (SSSR count). The molecule has 1 aliphatic rings. The van der Waals surface area contributed by atoms with E-state index in [9.17, 15) is 4.79 Å².